The van der Waals surface area contributed by atoms with Crippen LogP contribution in [0.25, 0.3) is 0 Å². The zero-order valence-corrected chi connectivity index (χ0v) is 11.2. The summed E-state index contributed by atoms with van der Waals surface area (Å²) in [5.41, 5.74) is 6.14. The maximum Gasteiger partial charge on any atom is 0.237 e. The number of benzene rings is 1. The lowest BCUT2D eigenvalue weighted by molar-refractivity contribution is -0.124. The molecule has 0 saturated heterocycles. The van der Waals surface area contributed by atoms with Gasteiger partial charge in [0.25, 0.3) is 0 Å². The van der Waals surface area contributed by atoms with Crippen molar-refractivity contribution in [3.05, 3.63) is 35.6 Å². The second kappa shape index (κ2) is 5.96. The molecule has 1 unspecified atom stereocenters. The highest BCUT2D eigenvalue weighted by Crippen LogP contribution is 2.17. The molecule has 0 aromatic heterocycles. The van der Waals surface area contributed by atoms with Gasteiger partial charge in [0.15, 0.2) is 0 Å². The van der Waals surface area contributed by atoms with Gasteiger partial charge in [-0.15, -0.1) is 0 Å². The first-order valence-corrected chi connectivity index (χ1v) is 6.09. The average Bonchev–Trinajstić information content (AvgIpc) is 2.29. The number of halogens is 1. The third kappa shape index (κ3) is 4.11. The zero-order valence-electron chi connectivity index (χ0n) is 11.2. The lowest BCUT2D eigenvalue weighted by Gasteiger charge is -2.25. The summed E-state index contributed by atoms with van der Waals surface area (Å²) in [4.78, 5) is 11.7. The lowest BCUT2D eigenvalue weighted by Crippen LogP contribution is -2.49. The summed E-state index contributed by atoms with van der Waals surface area (Å²) in [6.45, 7) is 6.12. The van der Waals surface area contributed by atoms with Crippen LogP contribution < -0.4 is 11.1 Å². The second-order valence-electron chi connectivity index (χ2n) is 5.48. The summed E-state index contributed by atoms with van der Waals surface area (Å²) in [6, 6.07) is 6.00. The molecule has 3 N–H and O–H groups in total. The normalized spacial score (nSPS) is 13.2. The molecule has 0 saturated carbocycles. The molecule has 0 aliphatic carbocycles. The van der Waals surface area contributed by atoms with Crippen molar-refractivity contribution in [1.82, 2.24) is 5.32 Å². The molecule has 0 bridgehead atoms. The quantitative estimate of drug-likeness (QED) is 0.859. The first-order valence-electron chi connectivity index (χ1n) is 6.09. The molecule has 0 radical (unpaired) electrons. The number of hydrogen-bond donors (Lipinski definition) is 2. The van der Waals surface area contributed by atoms with Gasteiger partial charge >= 0.3 is 0 Å². The van der Waals surface area contributed by atoms with Gasteiger partial charge in [-0.2, -0.15) is 0 Å². The molecular formula is C14H21FN2O. The second-order valence-corrected chi connectivity index (χ2v) is 5.48. The molecule has 0 spiro atoms. The van der Waals surface area contributed by atoms with Crippen LogP contribution in [0.2, 0.25) is 0 Å². The zero-order chi connectivity index (χ0) is 13.8. The molecule has 1 atom stereocenters. The highest BCUT2D eigenvalue weighted by Gasteiger charge is 2.26. The van der Waals surface area contributed by atoms with E-state index in [4.69, 9.17) is 5.73 Å². The number of carbonyl (C=O) groups excluding carboxylic acids is 1. The summed E-state index contributed by atoms with van der Waals surface area (Å²) in [5, 5.41) is 2.73. The van der Waals surface area contributed by atoms with Crippen LogP contribution >= 0.6 is 0 Å². The minimum Gasteiger partial charge on any atom is -0.354 e. The summed E-state index contributed by atoms with van der Waals surface area (Å²) in [7, 11) is 0. The van der Waals surface area contributed by atoms with Crippen LogP contribution in [0.5, 0.6) is 0 Å². The molecule has 0 fully saturated rings. The highest BCUT2D eigenvalue weighted by molar-refractivity contribution is 5.82. The Bertz CT molecular complexity index is 413. The smallest absolute Gasteiger partial charge is 0.237 e. The van der Waals surface area contributed by atoms with Crippen molar-refractivity contribution in [2.24, 2.45) is 11.1 Å². The van der Waals surface area contributed by atoms with Crippen LogP contribution in [0.1, 0.15) is 26.3 Å². The predicted octanol–water partition coefficient (Wildman–Crippen LogP) is 1.86. The van der Waals surface area contributed by atoms with Gasteiger partial charge in [0, 0.05) is 6.54 Å². The third-order valence-electron chi connectivity index (χ3n) is 2.87. The van der Waals surface area contributed by atoms with E-state index in [0.29, 0.717) is 18.5 Å². The fourth-order valence-electron chi connectivity index (χ4n) is 1.52. The van der Waals surface area contributed by atoms with Gasteiger partial charge in [-0.25, -0.2) is 4.39 Å². The molecule has 1 aromatic rings. The van der Waals surface area contributed by atoms with Gasteiger partial charge in [0.2, 0.25) is 5.91 Å². The fraction of sp³-hybridized carbons (Fsp3) is 0.500. The van der Waals surface area contributed by atoms with Crippen molar-refractivity contribution >= 4 is 5.91 Å². The molecule has 0 aliphatic heterocycles. The molecule has 1 aromatic carbocycles. The first kappa shape index (κ1) is 14.6. The SMILES string of the molecule is CC(C)(C)C(N)C(=O)NCCc1ccccc1F. The molecular weight excluding hydrogens is 231 g/mol. The van der Waals surface area contributed by atoms with Crippen molar-refractivity contribution in [1.29, 1.82) is 0 Å². The Morgan fingerprint density at radius 1 is 1.39 bits per heavy atom. The van der Waals surface area contributed by atoms with E-state index >= 15 is 0 Å². The molecule has 1 rings (SSSR count). The molecule has 3 nitrogen and oxygen atoms in total. The van der Waals surface area contributed by atoms with Gasteiger partial charge in [0.05, 0.1) is 6.04 Å². The van der Waals surface area contributed by atoms with Gasteiger partial charge in [0.1, 0.15) is 5.82 Å². The van der Waals surface area contributed by atoms with Crippen LogP contribution in [-0.2, 0) is 11.2 Å². The number of carbonyl (C=O) groups is 1. The van der Waals surface area contributed by atoms with Gasteiger partial charge in [-0.3, -0.25) is 4.79 Å². The number of nitrogens with two attached hydrogens (primary N) is 1. The minimum absolute atomic E-state index is 0.196. The van der Waals surface area contributed by atoms with E-state index in [1.807, 2.05) is 20.8 Å². The Hall–Kier alpha value is -1.42. The Morgan fingerprint density at radius 2 is 2.00 bits per heavy atom. The topological polar surface area (TPSA) is 55.1 Å². The summed E-state index contributed by atoms with van der Waals surface area (Å²) < 4.78 is 13.3. The number of hydrogen-bond acceptors (Lipinski definition) is 2. The van der Waals surface area contributed by atoms with Crippen LogP contribution in [-0.4, -0.2) is 18.5 Å². The summed E-state index contributed by atoms with van der Waals surface area (Å²) >= 11 is 0. The Labute approximate surface area is 108 Å². The van der Waals surface area contributed by atoms with E-state index in [2.05, 4.69) is 5.32 Å². The van der Waals surface area contributed by atoms with E-state index in [1.54, 1.807) is 18.2 Å². The van der Waals surface area contributed by atoms with E-state index in [9.17, 15) is 9.18 Å². The van der Waals surface area contributed by atoms with Crippen molar-refractivity contribution < 1.29 is 9.18 Å². The van der Waals surface area contributed by atoms with Crippen LogP contribution in [0, 0.1) is 11.2 Å². The number of rotatable bonds is 4. The van der Waals surface area contributed by atoms with Crippen molar-refractivity contribution in [3.63, 3.8) is 0 Å². The van der Waals surface area contributed by atoms with Crippen LogP contribution in [0.15, 0.2) is 24.3 Å². The highest BCUT2D eigenvalue weighted by atomic mass is 19.1. The van der Waals surface area contributed by atoms with E-state index in [-0.39, 0.29) is 17.1 Å². The Morgan fingerprint density at radius 3 is 2.56 bits per heavy atom. The standard InChI is InChI=1S/C14H21FN2O/c1-14(2,3)12(16)13(18)17-9-8-10-6-4-5-7-11(10)15/h4-7,12H,8-9,16H2,1-3H3,(H,17,18). The third-order valence-corrected chi connectivity index (χ3v) is 2.87. The maximum absolute atomic E-state index is 13.3. The minimum atomic E-state index is -0.557. The average molecular weight is 252 g/mol. The van der Waals surface area contributed by atoms with E-state index in [0.717, 1.165) is 0 Å². The summed E-state index contributed by atoms with van der Waals surface area (Å²) in [6.07, 6.45) is 0.468. The maximum atomic E-state index is 13.3. The van der Waals surface area contributed by atoms with Gasteiger partial charge in [-0.1, -0.05) is 39.0 Å². The largest absolute Gasteiger partial charge is 0.354 e. The summed E-state index contributed by atoms with van der Waals surface area (Å²) in [5.74, 6) is -0.439. The monoisotopic (exact) mass is 252 g/mol. The molecule has 0 aliphatic rings. The molecule has 1 amide bonds. The van der Waals surface area contributed by atoms with Crippen LogP contribution in [0.3, 0.4) is 0 Å². The van der Waals surface area contributed by atoms with Gasteiger partial charge < -0.3 is 11.1 Å². The number of nitrogens with one attached hydrogen (secondary N) is 1. The van der Waals surface area contributed by atoms with E-state index in [1.165, 1.54) is 6.07 Å². The van der Waals surface area contributed by atoms with Crippen LogP contribution in [0.4, 0.5) is 4.39 Å². The first-order chi connectivity index (χ1) is 8.32. The van der Waals surface area contributed by atoms with Crippen molar-refractivity contribution in [3.8, 4) is 0 Å². The van der Waals surface area contributed by atoms with Gasteiger partial charge in [-0.05, 0) is 23.5 Å². The molecule has 100 valence electrons. The number of amides is 1. The fourth-order valence-corrected chi connectivity index (χ4v) is 1.52. The van der Waals surface area contributed by atoms with Crippen molar-refractivity contribution in [2.45, 2.75) is 33.2 Å². The van der Waals surface area contributed by atoms with E-state index < -0.39 is 6.04 Å². The lowest BCUT2D eigenvalue weighted by atomic mass is 9.87. The molecule has 18 heavy (non-hydrogen) atoms. The molecule has 4 heteroatoms. The Balaban J connectivity index is 2.43. The molecule has 0 heterocycles. The Kier molecular flexibility index (Phi) is 4.84. The van der Waals surface area contributed by atoms with Crippen molar-refractivity contribution in [2.75, 3.05) is 6.54 Å². The predicted molar refractivity (Wildman–Crippen MR) is 70.5 cm³/mol.